The molecule has 2 aromatic rings. The van der Waals surface area contributed by atoms with Crippen molar-refractivity contribution in [3.63, 3.8) is 0 Å². The summed E-state index contributed by atoms with van der Waals surface area (Å²) >= 11 is 3.39. The SMILES string of the molecule is Brc1cnc2c(N3CCCO3)ccnc2c1. The molecule has 0 N–H and O–H groups in total. The Morgan fingerprint density at radius 3 is 3.12 bits per heavy atom. The van der Waals surface area contributed by atoms with E-state index in [4.69, 9.17) is 4.84 Å². The fourth-order valence-electron chi connectivity index (χ4n) is 1.83. The van der Waals surface area contributed by atoms with Crippen molar-refractivity contribution in [1.82, 2.24) is 9.97 Å². The maximum absolute atomic E-state index is 5.53. The number of halogens is 1. The van der Waals surface area contributed by atoms with Crippen molar-refractivity contribution in [3.05, 3.63) is 29.0 Å². The van der Waals surface area contributed by atoms with E-state index in [1.54, 1.807) is 12.4 Å². The number of nitrogens with zero attached hydrogens (tertiary/aromatic N) is 3. The highest BCUT2D eigenvalue weighted by Crippen LogP contribution is 2.27. The maximum Gasteiger partial charge on any atom is 0.114 e. The van der Waals surface area contributed by atoms with Gasteiger partial charge in [-0.2, -0.15) is 0 Å². The van der Waals surface area contributed by atoms with Crippen LogP contribution in [-0.4, -0.2) is 23.1 Å². The van der Waals surface area contributed by atoms with Gasteiger partial charge >= 0.3 is 0 Å². The molecule has 0 saturated carbocycles. The van der Waals surface area contributed by atoms with Crippen molar-refractivity contribution in [1.29, 1.82) is 0 Å². The molecule has 0 amide bonds. The molecule has 16 heavy (non-hydrogen) atoms. The number of aromatic nitrogens is 2. The normalized spacial score (nSPS) is 15.9. The van der Waals surface area contributed by atoms with E-state index >= 15 is 0 Å². The summed E-state index contributed by atoms with van der Waals surface area (Å²) in [5.74, 6) is 0. The highest BCUT2D eigenvalue weighted by molar-refractivity contribution is 9.10. The van der Waals surface area contributed by atoms with Gasteiger partial charge in [-0.1, -0.05) is 0 Å². The predicted molar refractivity (Wildman–Crippen MR) is 65.2 cm³/mol. The minimum Gasteiger partial charge on any atom is -0.273 e. The van der Waals surface area contributed by atoms with Crippen LogP contribution in [0.1, 0.15) is 6.42 Å². The molecule has 5 heteroatoms. The van der Waals surface area contributed by atoms with E-state index in [9.17, 15) is 0 Å². The summed E-state index contributed by atoms with van der Waals surface area (Å²) < 4.78 is 0.937. The van der Waals surface area contributed by atoms with Crippen molar-refractivity contribution in [2.75, 3.05) is 18.2 Å². The van der Waals surface area contributed by atoms with Crippen LogP contribution in [0, 0.1) is 0 Å². The lowest BCUT2D eigenvalue weighted by Gasteiger charge is -2.16. The second kappa shape index (κ2) is 3.99. The Kier molecular flexibility index (Phi) is 2.49. The van der Waals surface area contributed by atoms with Crippen molar-refractivity contribution in [2.45, 2.75) is 6.42 Å². The minimum atomic E-state index is 0.778. The van der Waals surface area contributed by atoms with Crippen LogP contribution in [0.5, 0.6) is 0 Å². The van der Waals surface area contributed by atoms with E-state index in [1.165, 1.54) is 0 Å². The molecule has 1 aliphatic heterocycles. The van der Waals surface area contributed by atoms with Gasteiger partial charge in [-0.25, -0.2) is 0 Å². The van der Waals surface area contributed by atoms with Gasteiger partial charge in [0.25, 0.3) is 0 Å². The third kappa shape index (κ3) is 1.66. The first-order valence-electron chi connectivity index (χ1n) is 5.15. The lowest BCUT2D eigenvalue weighted by Crippen LogP contribution is -2.16. The number of hydrogen-bond donors (Lipinski definition) is 0. The molecule has 4 nitrogen and oxygen atoms in total. The Bertz CT molecular complexity index is 526. The topological polar surface area (TPSA) is 38.2 Å². The van der Waals surface area contributed by atoms with E-state index in [2.05, 4.69) is 25.9 Å². The van der Waals surface area contributed by atoms with E-state index in [0.717, 1.165) is 40.8 Å². The summed E-state index contributed by atoms with van der Waals surface area (Å²) in [7, 11) is 0. The Hall–Kier alpha value is -1.20. The first-order valence-corrected chi connectivity index (χ1v) is 5.94. The van der Waals surface area contributed by atoms with Crippen molar-refractivity contribution in [3.8, 4) is 0 Å². The van der Waals surface area contributed by atoms with Gasteiger partial charge in [0.05, 0.1) is 17.8 Å². The molecule has 0 bridgehead atoms. The van der Waals surface area contributed by atoms with Crippen molar-refractivity contribution < 1.29 is 4.84 Å². The summed E-state index contributed by atoms with van der Waals surface area (Å²) in [6.45, 7) is 1.69. The molecule has 0 aromatic carbocycles. The lowest BCUT2D eigenvalue weighted by atomic mass is 10.3. The van der Waals surface area contributed by atoms with E-state index in [-0.39, 0.29) is 0 Å². The fraction of sp³-hybridized carbons (Fsp3) is 0.273. The van der Waals surface area contributed by atoms with Crippen molar-refractivity contribution >= 4 is 32.7 Å². The summed E-state index contributed by atoms with van der Waals surface area (Å²) in [5.41, 5.74) is 2.75. The van der Waals surface area contributed by atoms with Gasteiger partial charge in [-0.3, -0.25) is 19.9 Å². The van der Waals surface area contributed by atoms with E-state index < -0.39 is 0 Å². The molecular formula is C11H10BrN3O. The Balaban J connectivity index is 2.16. The Labute approximate surface area is 101 Å². The van der Waals surface area contributed by atoms with Gasteiger partial charge in [0, 0.05) is 23.4 Å². The molecule has 3 heterocycles. The minimum absolute atomic E-state index is 0.778. The highest BCUT2D eigenvalue weighted by Gasteiger charge is 2.16. The number of hydroxylamine groups is 1. The number of rotatable bonds is 1. The molecule has 2 aromatic heterocycles. The molecule has 1 aliphatic rings. The molecule has 0 spiro atoms. The molecular weight excluding hydrogens is 270 g/mol. The number of hydrogen-bond acceptors (Lipinski definition) is 4. The van der Waals surface area contributed by atoms with Gasteiger partial charge in [-0.15, -0.1) is 0 Å². The zero-order valence-electron chi connectivity index (χ0n) is 8.56. The molecule has 3 rings (SSSR count). The van der Waals surface area contributed by atoms with Crippen LogP contribution < -0.4 is 5.06 Å². The van der Waals surface area contributed by atoms with Gasteiger partial charge in [0.1, 0.15) is 5.52 Å². The first kappa shape index (κ1) is 9.99. The third-order valence-electron chi connectivity index (χ3n) is 2.54. The van der Waals surface area contributed by atoms with Crippen LogP contribution in [0.3, 0.4) is 0 Å². The average Bonchev–Trinajstić information content (AvgIpc) is 2.81. The molecule has 0 aliphatic carbocycles. The maximum atomic E-state index is 5.53. The molecule has 0 unspecified atom stereocenters. The van der Waals surface area contributed by atoms with Gasteiger partial charge in [0.2, 0.25) is 0 Å². The van der Waals surface area contributed by atoms with Gasteiger partial charge < -0.3 is 0 Å². The standard InChI is InChI=1S/C11H10BrN3O/c12-8-6-9-11(14-7-8)10(2-3-13-9)15-4-1-5-16-15/h2-3,6-7H,1,4-5H2. The summed E-state index contributed by atoms with van der Waals surface area (Å²) in [5, 5.41) is 1.89. The average molecular weight is 280 g/mol. The van der Waals surface area contributed by atoms with Crippen LogP contribution in [0.25, 0.3) is 11.0 Å². The predicted octanol–water partition coefficient (Wildman–Crippen LogP) is 2.53. The van der Waals surface area contributed by atoms with Crippen molar-refractivity contribution in [2.24, 2.45) is 0 Å². The van der Waals surface area contributed by atoms with Gasteiger partial charge in [-0.05, 0) is 34.5 Å². The molecule has 0 atom stereocenters. The summed E-state index contributed by atoms with van der Waals surface area (Å²) in [4.78, 5) is 14.2. The van der Waals surface area contributed by atoms with E-state index in [0.29, 0.717) is 0 Å². The lowest BCUT2D eigenvalue weighted by molar-refractivity contribution is 0.168. The van der Waals surface area contributed by atoms with Crippen LogP contribution in [0.4, 0.5) is 5.69 Å². The van der Waals surface area contributed by atoms with Crippen LogP contribution in [-0.2, 0) is 4.84 Å². The fourth-order valence-corrected chi connectivity index (χ4v) is 2.15. The Morgan fingerprint density at radius 1 is 1.38 bits per heavy atom. The smallest absolute Gasteiger partial charge is 0.114 e. The monoisotopic (exact) mass is 279 g/mol. The van der Waals surface area contributed by atoms with Crippen LogP contribution in [0.2, 0.25) is 0 Å². The largest absolute Gasteiger partial charge is 0.273 e. The highest BCUT2D eigenvalue weighted by atomic mass is 79.9. The Morgan fingerprint density at radius 2 is 2.31 bits per heavy atom. The zero-order valence-corrected chi connectivity index (χ0v) is 10.1. The first-order chi connectivity index (χ1) is 7.84. The number of fused-ring (bicyclic) bond motifs is 1. The summed E-state index contributed by atoms with van der Waals surface area (Å²) in [6, 6.07) is 3.90. The molecule has 82 valence electrons. The third-order valence-corrected chi connectivity index (χ3v) is 2.98. The number of anilines is 1. The quantitative estimate of drug-likeness (QED) is 0.804. The summed E-state index contributed by atoms with van der Waals surface area (Å²) in [6.07, 6.45) is 4.62. The second-order valence-corrected chi connectivity index (χ2v) is 4.56. The van der Waals surface area contributed by atoms with E-state index in [1.807, 2.05) is 17.2 Å². The molecule has 1 fully saturated rings. The number of pyridine rings is 2. The second-order valence-electron chi connectivity index (χ2n) is 3.64. The van der Waals surface area contributed by atoms with Gasteiger partial charge in [0.15, 0.2) is 0 Å². The molecule has 1 saturated heterocycles. The zero-order chi connectivity index (χ0) is 11.0. The van der Waals surface area contributed by atoms with Crippen LogP contribution in [0.15, 0.2) is 29.0 Å². The molecule has 0 radical (unpaired) electrons. The van der Waals surface area contributed by atoms with Crippen LogP contribution >= 0.6 is 15.9 Å².